The van der Waals surface area contributed by atoms with Gasteiger partial charge in [-0.15, -0.1) is 5.10 Å². The molecule has 1 aliphatic rings. The van der Waals surface area contributed by atoms with E-state index in [2.05, 4.69) is 54.6 Å². The molecule has 40 heavy (non-hydrogen) atoms. The molecule has 1 saturated heterocycles. The lowest BCUT2D eigenvalue weighted by Gasteiger charge is -2.32. The van der Waals surface area contributed by atoms with Gasteiger partial charge in [0.2, 0.25) is 0 Å². The molecule has 11 nitrogen and oxygen atoms in total. The fourth-order valence-corrected chi connectivity index (χ4v) is 4.10. The van der Waals surface area contributed by atoms with Crippen LogP contribution in [0.3, 0.4) is 0 Å². The summed E-state index contributed by atoms with van der Waals surface area (Å²) in [4.78, 5) is 21.6. The zero-order valence-electron chi connectivity index (χ0n) is 23.3. The molecule has 0 radical (unpaired) electrons. The van der Waals surface area contributed by atoms with Crippen LogP contribution in [0.5, 0.6) is 5.75 Å². The lowest BCUT2D eigenvalue weighted by molar-refractivity contribution is 0.134. The van der Waals surface area contributed by atoms with Crippen LogP contribution in [0.25, 0.3) is 5.65 Å². The number of hydrogen-bond acceptors (Lipinski definition) is 8. The molecule has 4 heterocycles. The molecule has 4 aromatic rings. The van der Waals surface area contributed by atoms with Crippen molar-refractivity contribution in [3.05, 3.63) is 65.7 Å². The number of hydrogen-bond donors (Lipinski definition) is 2. The van der Waals surface area contributed by atoms with Crippen LogP contribution in [0.4, 0.5) is 16.4 Å². The molecule has 0 saturated carbocycles. The lowest BCUT2D eigenvalue weighted by atomic mass is 9.93. The van der Waals surface area contributed by atoms with Crippen molar-refractivity contribution < 1.29 is 14.1 Å². The van der Waals surface area contributed by atoms with Gasteiger partial charge in [0.1, 0.15) is 18.1 Å². The Morgan fingerprint density at radius 1 is 1.02 bits per heavy atom. The highest BCUT2D eigenvalue weighted by Gasteiger charge is 2.20. The highest BCUT2D eigenvalue weighted by Crippen LogP contribution is 2.24. The molecule has 2 N–H and O–H groups in total. The van der Waals surface area contributed by atoms with Gasteiger partial charge in [0.05, 0.1) is 5.56 Å². The molecule has 0 atom stereocenters. The van der Waals surface area contributed by atoms with Gasteiger partial charge in [-0.25, -0.2) is 14.3 Å². The first kappa shape index (κ1) is 27.2. The highest BCUT2D eigenvalue weighted by molar-refractivity contribution is 5.98. The first-order valence-corrected chi connectivity index (χ1v) is 13.3. The average molecular weight is 543 g/mol. The van der Waals surface area contributed by atoms with Crippen molar-refractivity contribution in [3.8, 4) is 17.6 Å². The number of amides is 2. The number of rotatable bonds is 6. The predicted molar refractivity (Wildman–Crippen MR) is 153 cm³/mol. The van der Waals surface area contributed by atoms with Gasteiger partial charge in [-0.1, -0.05) is 37.8 Å². The SMILES string of the molecule is CN1CCN(CCOc2ccc(C#Cc3cnc4cc(NC(=O)Nc5cc(C(C)(C)C)on5)nn4c3)cc2)CC1. The maximum Gasteiger partial charge on any atom is 0.326 e. The number of anilines is 2. The fraction of sp³-hybridized carbons (Fsp3) is 0.379. The third-order valence-electron chi connectivity index (χ3n) is 6.52. The van der Waals surface area contributed by atoms with Crippen LogP contribution in [0.15, 0.2) is 53.3 Å². The van der Waals surface area contributed by atoms with Gasteiger partial charge in [-0.2, -0.15) is 0 Å². The Morgan fingerprint density at radius 2 is 1.75 bits per heavy atom. The summed E-state index contributed by atoms with van der Waals surface area (Å²) in [5.41, 5.74) is 1.93. The maximum atomic E-state index is 12.4. The molecule has 1 fully saturated rings. The van der Waals surface area contributed by atoms with Crippen LogP contribution < -0.4 is 15.4 Å². The van der Waals surface area contributed by atoms with E-state index in [4.69, 9.17) is 9.26 Å². The quantitative estimate of drug-likeness (QED) is 0.355. The Bertz CT molecular complexity index is 1520. The topological polar surface area (TPSA) is 113 Å². The molecule has 5 rings (SSSR count). The number of nitrogens with zero attached hydrogens (tertiary/aromatic N) is 6. The number of carbonyl (C=O) groups is 1. The molecule has 0 unspecified atom stereocenters. The molecule has 0 spiro atoms. The van der Waals surface area contributed by atoms with Crippen molar-refractivity contribution in [3.63, 3.8) is 0 Å². The largest absolute Gasteiger partial charge is 0.492 e. The van der Waals surface area contributed by atoms with Crippen molar-refractivity contribution >= 4 is 23.3 Å². The fourth-order valence-electron chi connectivity index (χ4n) is 4.10. The summed E-state index contributed by atoms with van der Waals surface area (Å²) in [6.07, 6.45) is 3.44. The summed E-state index contributed by atoms with van der Waals surface area (Å²) in [6.45, 7) is 12.0. The molecular formula is C29H34N8O3. The van der Waals surface area contributed by atoms with E-state index >= 15 is 0 Å². The number of ether oxygens (including phenoxy) is 1. The summed E-state index contributed by atoms with van der Waals surface area (Å²) in [5.74, 6) is 8.45. The average Bonchev–Trinajstić information content (AvgIpc) is 3.55. The van der Waals surface area contributed by atoms with E-state index in [1.54, 1.807) is 29.0 Å². The smallest absolute Gasteiger partial charge is 0.326 e. The van der Waals surface area contributed by atoms with Crippen LogP contribution in [0.2, 0.25) is 0 Å². The van der Waals surface area contributed by atoms with Crippen molar-refractivity contribution in [1.82, 2.24) is 29.6 Å². The number of likely N-dealkylation sites (N-methyl/N-ethyl adjacent to an activating group) is 1. The summed E-state index contributed by atoms with van der Waals surface area (Å²) in [6, 6.07) is 10.7. The van der Waals surface area contributed by atoms with Gasteiger partial charge in [-0.05, 0) is 31.3 Å². The molecule has 2 amide bonds. The third-order valence-corrected chi connectivity index (χ3v) is 6.52. The zero-order valence-corrected chi connectivity index (χ0v) is 23.3. The minimum atomic E-state index is -0.482. The second-order valence-corrected chi connectivity index (χ2v) is 10.8. The lowest BCUT2D eigenvalue weighted by Crippen LogP contribution is -2.45. The molecule has 11 heteroatoms. The molecule has 3 aromatic heterocycles. The number of fused-ring (bicyclic) bond motifs is 1. The zero-order chi connectivity index (χ0) is 28.1. The van der Waals surface area contributed by atoms with Gasteiger partial charge in [0.25, 0.3) is 0 Å². The maximum absolute atomic E-state index is 12.4. The summed E-state index contributed by atoms with van der Waals surface area (Å²) in [5, 5.41) is 13.6. The second kappa shape index (κ2) is 11.8. The van der Waals surface area contributed by atoms with Gasteiger partial charge in [0.15, 0.2) is 17.3 Å². The first-order chi connectivity index (χ1) is 19.2. The summed E-state index contributed by atoms with van der Waals surface area (Å²) < 4.78 is 12.8. The van der Waals surface area contributed by atoms with Gasteiger partial charge in [-0.3, -0.25) is 15.5 Å². The Kier molecular flexibility index (Phi) is 8.00. The molecule has 208 valence electrons. The summed E-state index contributed by atoms with van der Waals surface area (Å²) in [7, 11) is 2.16. The molecule has 0 aliphatic carbocycles. The van der Waals surface area contributed by atoms with Crippen molar-refractivity contribution in [2.24, 2.45) is 0 Å². The predicted octanol–water partition coefficient (Wildman–Crippen LogP) is 3.68. The number of urea groups is 1. The van der Waals surface area contributed by atoms with Gasteiger partial charge >= 0.3 is 6.03 Å². The Hall–Kier alpha value is -4.40. The molecule has 1 aromatic carbocycles. The van der Waals surface area contributed by atoms with E-state index in [-0.39, 0.29) is 5.41 Å². The standard InChI is InChI=1S/C29H34N8O3/c1-29(2,3)24-17-26(34-40-24)32-28(38)31-25-18-27-30-19-22(20-37(27)33-25)6-5-21-7-9-23(10-8-21)39-16-15-36-13-11-35(4)12-14-36/h7-10,17-20H,11-16H2,1-4H3,(H2,31,32,33,34,38). The van der Waals surface area contributed by atoms with E-state index in [1.165, 1.54) is 0 Å². The van der Waals surface area contributed by atoms with Crippen LogP contribution in [-0.2, 0) is 5.41 Å². The Morgan fingerprint density at radius 3 is 2.48 bits per heavy atom. The van der Waals surface area contributed by atoms with Crippen LogP contribution in [-0.4, -0.2) is 82.0 Å². The van der Waals surface area contributed by atoms with Crippen LogP contribution in [0, 0.1) is 11.8 Å². The Labute approximate surface area is 233 Å². The summed E-state index contributed by atoms with van der Waals surface area (Å²) >= 11 is 0. The van der Waals surface area contributed by atoms with Crippen molar-refractivity contribution in [1.29, 1.82) is 0 Å². The van der Waals surface area contributed by atoms with Gasteiger partial charge < -0.3 is 14.2 Å². The number of aromatic nitrogens is 4. The van der Waals surface area contributed by atoms with E-state index in [0.29, 0.717) is 35.2 Å². The Balaban J connectivity index is 1.14. The van der Waals surface area contributed by atoms with Crippen LogP contribution >= 0.6 is 0 Å². The minimum absolute atomic E-state index is 0.209. The van der Waals surface area contributed by atoms with Crippen molar-refractivity contribution in [2.45, 2.75) is 26.2 Å². The number of piperazine rings is 1. The van der Waals surface area contributed by atoms with E-state index in [0.717, 1.165) is 44.0 Å². The second-order valence-electron chi connectivity index (χ2n) is 10.8. The van der Waals surface area contributed by atoms with E-state index in [9.17, 15) is 4.79 Å². The third kappa shape index (κ3) is 7.16. The molecule has 1 aliphatic heterocycles. The number of benzene rings is 1. The van der Waals surface area contributed by atoms with E-state index in [1.807, 2.05) is 45.0 Å². The molecule has 0 bridgehead atoms. The first-order valence-electron chi connectivity index (χ1n) is 13.3. The molecular weight excluding hydrogens is 508 g/mol. The normalized spacial score (nSPS) is 14.5. The van der Waals surface area contributed by atoms with Gasteiger partial charge in [0, 0.05) is 68.2 Å². The minimum Gasteiger partial charge on any atom is -0.492 e. The van der Waals surface area contributed by atoms with Crippen molar-refractivity contribution in [2.75, 3.05) is 57.0 Å². The monoisotopic (exact) mass is 542 g/mol. The number of carbonyl (C=O) groups excluding carboxylic acids is 1. The van der Waals surface area contributed by atoms with Crippen LogP contribution in [0.1, 0.15) is 37.7 Å². The number of nitrogens with one attached hydrogen (secondary N) is 2. The van der Waals surface area contributed by atoms with E-state index < -0.39 is 6.03 Å². The highest BCUT2D eigenvalue weighted by atomic mass is 16.5.